The van der Waals surface area contributed by atoms with Crippen molar-refractivity contribution in [3.63, 3.8) is 0 Å². The second kappa shape index (κ2) is 4.13. The van der Waals surface area contributed by atoms with Crippen LogP contribution in [-0.2, 0) is 0 Å². The Morgan fingerprint density at radius 2 is 1.88 bits per heavy atom. The zero-order valence-corrected chi connectivity index (χ0v) is 11.2. The van der Waals surface area contributed by atoms with Crippen molar-refractivity contribution in [2.45, 2.75) is 0 Å². The molecule has 0 atom stereocenters. The average molecular weight is 306 g/mol. The first-order valence-electron chi connectivity index (χ1n) is 5.13. The van der Waals surface area contributed by atoms with Gasteiger partial charge in [-0.3, -0.25) is 4.79 Å². The number of fused-ring (bicyclic) bond motifs is 1. The average Bonchev–Trinajstić information content (AvgIpc) is 2.68. The van der Waals surface area contributed by atoms with Gasteiger partial charge in [0.15, 0.2) is 0 Å². The summed E-state index contributed by atoms with van der Waals surface area (Å²) in [5.74, 6) is 0. The normalized spacial score (nSPS) is 10.9. The first-order chi connectivity index (χ1) is 8.25. The van der Waals surface area contributed by atoms with Crippen LogP contribution in [0.15, 0.2) is 57.8 Å². The van der Waals surface area contributed by atoms with Gasteiger partial charge in [-0.05, 0) is 30.3 Å². The maximum absolute atomic E-state index is 12.2. The molecule has 0 saturated carbocycles. The molecule has 1 heterocycles. The summed E-state index contributed by atoms with van der Waals surface area (Å²) in [6.45, 7) is 0. The summed E-state index contributed by atoms with van der Waals surface area (Å²) in [4.78, 5) is 12.2. The molecule has 0 aliphatic carbocycles. The summed E-state index contributed by atoms with van der Waals surface area (Å²) in [6.07, 6.45) is 0. The summed E-state index contributed by atoms with van der Waals surface area (Å²) < 4.78 is 3.70. The van der Waals surface area contributed by atoms with Gasteiger partial charge >= 0.3 is 0 Å². The van der Waals surface area contributed by atoms with E-state index in [4.69, 9.17) is 0 Å². The zero-order chi connectivity index (χ0) is 11.8. The van der Waals surface area contributed by atoms with Crippen LogP contribution in [0.3, 0.4) is 0 Å². The lowest BCUT2D eigenvalue weighted by Gasteiger charge is -1.99. The van der Waals surface area contributed by atoms with E-state index in [-0.39, 0.29) is 5.56 Å². The Balaban J connectivity index is 2.31. The van der Waals surface area contributed by atoms with Crippen molar-refractivity contribution in [3.05, 3.63) is 63.4 Å². The molecule has 84 valence electrons. The van der Waals surface area contributed by atoms with Crippen molar-refractivity contribution in [3.8, 4) is 5.69 Å². The van der Waals surface area contributed by atoms with Gasteiger partial charge in [0.2, 0.25) is 0 Å². The maximum atomic E-state index is 12.2. The van der Waals surface area contributed by atoms with E-state index < -0.39 is 0 Å². The first kappa shape index (κ1) is 10.7. The molecule has 2 aromatic carbocycles. The number of benzene rings is 2. The maximum Gasteiger partial charge on any atom is 0.273 e. The van der Waals surface area contributed by atoms with Gasteiger partial charge in [-0.25, -0.2) is 3.96 Å². The summed E-state index contributed by atoms with van der Waals surface area (Å²) in [7, 11) is 0. The second-order valence-electron chi connectivity index (χ2n) is 3.67. The lowest BCUT2D eigenvalue weighted by Crippen LogP contribution is -2.10. The van der Waals surface area contributed by atoms with Crippen LogP contribution in [0, 0.1) is 0 Å². The molecule has 0 bridgehead atoms. The number of hydrogen-bond donors (Lipinski definition) is 0. The molecule has 4 heteroatoms. The molecule has 0 saturated heterocycles. The fraction of sp³-hybridized carbons (Fsp3) is 0. The van der Waals surface area contributed by atoms with Crippen molar-refractivity contribution in [2.75, 3.05) is 0 Å². The SMILES string of the molecule is O=c1c2ccccc2sn1-c1cccc(Br)c1. The fourth-order valence-corrected chi connectivity index (χ4v) is 3.12. The summed E-state index contributed by atoms with van der Waals surface area (Å²) in [6, 6.07) is 15.4. The predicted molar refractivity (Wildman–Crippen MR) is 75.1 cm³/mol. The molecule has 0 fully saturated rings. The third kappa shape index (κ3) is 1.83. The molecule has 0 aliphatic heterocycles. The van der Waals surface area contributed by atoms with Gasteiger partial charge in [-0.1, -0.05) is 45.7 Å². The van der Waals surface area contributed by atoms with Crippen LogP contribution in [0.25, 0.3) is 15.8 Å². The quantitative estimate of drug-likeness (QED) is 0.670. The largest absolute Gasteiger partial charge is 0.273 e. The predicted octanol–water partition coefficient (Wildman–Crippen LogP) is 3.81. The molecule has 2 nitrogen and oxygen atoms in total. The molecule has 0 radical (unpaired) electrons. The van der Waals surface area contributed by atoms with E-state index in [1.54, 1.807) is 3.96 Å². The molecule has 0 spiro atoms. The molecular weight excluding hydrogens is 298 g/mol. The summed E-state index contributed by atoms with van der Waals surface area (Å²) >= 11 is 4.89. The van der Waals surface area contributed by atoms with Gasteiger partial charge < -0.3 is 0 Å². The smallest absolute Gasteiger partial charge is 0.267 e. The molecule has 17 heavy (non-hydrogen) atoms. The van der Waals surface area contributed by atoms with Crippen LogP contribution < -0.4 is 5.56 Å². The minimum atomic E-state index is 0.0451. The van der Waals surface area contributed by atoms with E-state index in [1.807, 2.05) is 48.5 Å². The standard InChI is InChI=1S/C13H8BrNOS/c14-9-4-3-5-10(8-9)15-13(16)11-6-1-2-7-12(11)17-15/h1-8H. The highest BCUT2D eigenvalue weighted by atomic mass is 79.9. The Labute approximate surface area is 110 Å². The zero-order valence-electron chi connectivity index (χ0n) is 8.76. The third-order valence-corrected chi connectivity index (χ3v) is 4.14. The summed E-state index contributed by atoms with van der Waals surface area (Å²) in [5, 5.41) is 0.775. The van der Waals surface area contributed by atoms with Gasteiger partial charge in [0.1, 0.15) is 0 Å². The van der Waals surface area contributed by atoms with Gasteiger partial charge in [0.25, 0.3) is 5.56 Å². The van der Waals surface area contributed by atoms with Gasteiger partial charge in [-0.2, -0.15) is 0 Å². The van der Waals surface area contributed by atoms with Crippen LogP contribution >= 0.6 is 27.5 Å². The van der Waals surface area contributed by atoms with Crippen molar-refractivity contribution in [1.82, 2.24) is 3.96 Å². The van der Waals surface area contributed by atoms with E-state index in [0.717, 1.165) is 20.2 Å². The minimum Gasteiger partial charge on any atom is -0.267 e. The lowest BCUT2D eigenvalue weighted by molar-refractivity contribution is 1.14. The highest BCUT2D eigenvalue weighted by Crippen LogP contribution is 2.21. The number of hydrogen-bond acceptors (Lipinski definition) is 2. The number of aromatic nitrogens is 1. The van der Waals surface area contributed by atoms with Crippen molar-refractivity contribution in [1.29, 1.82) is 0 Å². The second-order valence-corrected chi connectivity index (χ2v) is 5.57. The Morgan fingerprint density at radius 1 is 1.06 bits per heavy atom. The van der Waals surface area contributed by atoms with Gasteiger partial charge in [-0.15, -0.1) is 0 Å². The lowest BCUT2D eigenvalue weighted by atomic mass is 10.3. The van der Waals surface area contributed by atoms with E-state index in [2.05, 4.69) is 15.9 Å². The molecule has 3 aromatic rings. The van der Waals surface area contributed by atoms with E-state index >= 15 is 0 Å². The van der Waals surface area contributed by atoms with E-state index in [0.29, 0.717) is 0 Å². The summed E-state index contributed by atoms with van der Waals surface area (Å²) in [5.41, 5.74) is 0.939. The van der Waals surface area contributed by atoms with Crippen molar-refractivity contribution in [2.24, 2.45) is 0 Å². The Bertz CT molecular complexity index is 744. The van der Waals surface area contributed by atoms with Crippen LogP contribution in [0.1, 0.15) is 0 Å². The third-order valence-electron chi connectivity index (χ3n) is 2.53. The van der Waals surface area contributed by atoms with Gasteiger partial charge in [0.05, 0.1) is 15.8 Å². The van der Waals surface area contributed by atoms with Crippen LogP contribution in [0.5, 0.6) is 0 Å². The monoisotopic (exact) mass is 305 g/mol. The highest BCUT2D eigenvalue weighted by molar-refractivity contribution is 9.10. The first-order valence-corrected chi connectivity index (χ1v) is 6.69. The molecular formula is C13H8BrNOS. The Kier molecular flexibility index (Phi) is 2.61. The fourth-order valence-electron chi connectivity index (χ4n) is 1.74. The molecule has 1 aromatic heterocycles. The Hall–Kier alpha value is -1.39. The number of rotatable bonds is 1. The van der Waals surface area contributed by atoms with Crippen LogP contribution in [0.2, 0.25) is 0 Å². The topological polar surface area (TPSA) is 22.0 Å². The van der Waals surface area contributed by atoms with E-state index in [9.17, 15) is 4.79 Å². The van der Waals surface area contributed by atoms with E-state index in [1.165, 1.54) is 11.5 Å². The molecule has 0 N–H and O–H groups in total. The number of halogens is 1. The van der Waals surface area contributed by atoms with Crippen molar-refractivity contribution < 1.29 is 0 Å². The molecule has 3 rings (SSSR count). The van der Waals surface area contributed by atoms with Gasteiger partial charge in [0, 0.05) is 4.47 Å². The van der Waals surface area contributed by atoms with Crippen LogP contribution in [0.4, 0.5) is 0 Å². The number of nitrogens with zero attached hydrogens (tertiary/aromatic N) is 1. The van der Waals surface area contributed by atoms with Crippen LogP contribution in [-0.4, -0.2) is 3.96 Å². The van der Waals surface area contributed by atoms with Crippen molar-refractivity contribution >= 4 is 37.5 Å². The Morgan fingerprint density at radius 3 is 2.65 bits per heavy atom. The molecule has 0 unspecified atom stereocenters. The molecule has 0 amide bonds. The molecule has 0 aliphatic rings. The highest BCUT2D eigenvalue weighted by Gasteiger charge is 2.08. The minimum absolute atomic E-state index is 0.0451.